The summed E-state index contributed by atoms with van der Waals surface area (Å²) in [6.45, 7) is -0.775. The van der Waals surface area contributed by atoms with E-state index in [9.17, 15) is 14.0 Å². The van der Waals surface area contributed by atoms with Crippen LogP contribution in [-0.4, -0.2) is 32.0 Å². The summed E-state index contributed by atoms with van der Waals surface area (Å²) in [5.74, 6) is -0.550. The summed E-state index contributed by atoms with van der Waals surface area (Å²) in [5, 5.41) is 5.91. The van der Waals surface area contributed by atoms with Crippen molar-refractivity contribution in [3.05, 3.63) is 88.4 Å². The molecule has 3 rings (SSSR count). The van der Waals surface area contributed by atoms with Crippen molar-refractivity contribution < 1.29 is 18.7 Å². The number of ketones is 1. The maximum Gasteiger partial charge on any atom is 0.251 e. The van der Waals surface area contributed by atoms with Gasteiger partial charge in [0.1, 0.15) is 12.4 Å². The van der Waals surface area contributed by atoms with Crippen LogP contribution in [0.1, 0.15) is 26.3 Å². The van der Waals surface area contributed by atoms with E-state index in [1.807, 2.05) is 30.3 Å². The Morgan fingerprint density at radius 3 is 2.40 bits per heavy atom. The predicted molar refractivity (Wildman–Crippen MR) is 116 cm³/mol. The monoisotopic (exact) mass is 426 g/mol. The standard InChI is InChI=1S/C23H20ClFN2O3/c1-30-21-10-7-15(23(29)26-12-11-25)13-19(21)22(28)18-9-8-17(14-20(18)24)27-16-5-3-2-4-6-16/h2-10,13-14,27H,11-12H2,1H3,(H,26,29). The number of ether oxygens (including phenoxy) is 1. The third-order valence-corrected chi connectivity index (χ3v) is 4.68. The topological polar surface area (TPSA) is 67.4 Å². The Morgan fingerprint density at radius 2 is 1.73 bits per heavy atom. The molecule has 7 heteroatoms. The van der Waals surface area contributed by atoms with Gasteiger partial charge in [-0.2, -0.15) is 0 Å². The highest BCUT2D eigenvalue weighted by Gasteiger charge is 2.20. The number of para-hydroxylation sites is 1. The zero-order chi connectivity index (χ0) is 21.5. The lowest BCUT2D eigenvalue weighted by Gasteiger charge is -2.12. The second-order valence-corrected chi connectivity index (χ2v) is 6.78. The number of rotatable bonds is 8. The normalized spacial score (nSPS) is 10.4. The minimum atomic E-state index is -0.674. The zero-order valence-corrected chi connectivity index (χ0v) is 17.0. The lowest BCUT2D eigenvalue weighted by Crippen LogP contribution is -2.25. The zero-order valence-electron chi connectivity index (χ0n) is 16.2. The quantitative estimate of drug-likeness (QED) is 0.496. The van der Waals surface area contributed by atoms with Gasteiger partial charge in [0.25, 0.3) is 5.91 Å². The van der Waals surface area contributed by atoms with Crippen molar-refractivity contribution in [2.45, 2.75) is 0 Å². The van der Waals surface area contributed by atoms with Crippen LogP contribution >= 0.6 is 11.6 Å². The molecule has 0 aromatic heterocycles. The predicted octanol–water partition coefficient (Wildman–Crippen LogP) is 5.02. The van der Waals surface area contributed by atoms with Crippen molar-refractivity contribution in [3.63, 3.8) is 0 Å². The van der Waals surface area contributed by atoms with E-state index < -0.39 is 12.6 Å². The van der Waals surface area contributed by atoms with Crippen LogP contribution in [0.2, 0.25) is 5.02 Å². The van der Waals surface area contributed by atoms with E-state index in [0.29, 0.717) is 5.75 Å². The molecule has 0 fully saturated rings. The Bertz CT molecular complexity index is 1060. The van der Waals surface area contributed by atoms with Crippen LogP contribution in [0.5, 0.6) is 5.75 Å². The van der Waals surface area contributed by atoms with Crippen LogP contribution in [0.3, 0.4) is 0 Å². The highest BCUT2D eigenvalue weighted by molar-refractivity contribution is 6.35. The number of hydrogen-bond acceptors (Lipinski definition) is 4. The fraction of sp³-hybridized carbons (Fsp3) is 0.130. The minimum absolute atomic E-state index is 0.101. The minimum Gasteiger partial charge on any atom is -0.496 e. The van der Waals surface area contributed by atoms with Gasteiger partial charge in [0.05, 0.1) is 17.7 Å². The third-order valence-electron chi connectivity index (χ3n) is 4.36. The van der Waals surface area contributed by atoms with E-state index in [-0.39, 0.29) is 34.0 Å². The average Bonchev–Trinajstić information content (AvgIpc) is 2.77. The summed E-state index contributed by atoms with van der Waals surface area (Å²) < 4.78 is 17.6. The third kappa shape index (κ3) is 4.96. The van der Waals surface area contributed by atoms with Gasteiger partial charge < -0.3 is 15.4 Å². The van der Waals surface area contributed by atoms with E-state index in [1.165, 1.54) is 25.3 Å². The molecular formula is C23H20ClFN2O3. The smallest absolute Gasteiger partial charge is 0.251 e. The average molecular weight is 427 g/mol. The molecule has 0 atom stereocenters. The lowest BCUT2D eigenvalue weighted by molar-refractivity contribution is 0.0951. The molecule has 0 aliphatic carbocycles. The van der Waals surface area contributed by atoms with E-state index in [4.69, 9.17) is 16.3 Å². The largest absolute Gasteiger partial charge is 0.496 e. The van der Waals surface area contributed by atoms with Crippen LogP contribution in [0.25, 0.3) is 0 Å². The fourth-order valence-electron chi connectivity index (χ4n) is 2.90. The Hall–Kier alpha value is -3.38. The first-order valence-electron chi connectivity index (χ1n) is 9.22. The molecule has 0 heterocycles. The SMILES string of the molecule is COc1ccc(C(=O)NCCF)cc1C(=O)c1ccc(Nc2ccccc2)cc1Cl. The van der Waals surface area contributed by atoms with Gasteiger partial charge in [0.2, 0.25) is 0 Å². The first kappa shape index (κ1) is 21.3. The van der Waals surface area contributed by atoms with Crippen molar-refractivity contribution in [1.82, 2.24) is 5.32 Å². The van der Waals surface area contributed by atoms with Crippen LogP contribution in [0.4, 0.5) is 15.8 Å². The van der Waals surface area contributed by atoms with Crippen LogP contribution in [0, 0.1) is 0 Å². The molecule has 5 nitrogen and oxygen atoms in total. The molecule has 0 bridgehead atoms. The second-order valence-electron chi connectivity index (χ2n) is 6.37. The number of hydrogen-bond donors (Lipinski definition) is 2. The van der Waals surface area contributed by atoms with Gasteiger partial charge in [-0.15, -0.1) is 0 Å². The molecule has 0 aliphatic heterocycles. The van der Waals surface area contributed by atoms with Gasteiger partial charge in [-0.25, -0.2) is 4.39 Å². The first-order chi connectivity index (χ1) is 14.5. The van der Waals surface area contributed by atoms with Crippen LogP contribution in [-0.2, 0) is 0 Å². The summed E-state index contributed by atoms with van der Waals surface area (Å²) in [6, 6.07) is 19.0. The van der Waals surface area contributed by atoms with E-state index in [1.54, 1.807) is 18.2 Å². The molecule has 0 aliphatic rings. The number of amides is 1. The highest BCUT2D eigenvalue weighted by Crippen LogP contribution is 2.29. The maximum absolute atomic E-state index is 13.1. The number of carbonyl (C=O) groups is 2. The molecule has 154 valence electrons. The first-order valence-corrected chi connectivity index (χ1v) is 9.60. The number of alkyl halides is 1. The van der Waals surface area contributed by atoms with Gasteiger partial charge in [0, 0.05) is 29.0 Å². The Morgan fingerprint density at radius 1 is 0.967 bits per heavy atom. The van der Waals surface area contributed by atoms with Crippen molar-refractivity contribution in [2.75, 3.05) is 25.6 Å². The summed E-state index contributed by atoms with van der Waals surface area (Å²) in [5.41, 5.74) is 2.31. The van der Waals surface area contributed by atoms with Gasteiger partial charge in [-0.1, -0.05) is 29.8 Å². The molecule has 0 radical (unpaired) electrons. The second kappa shape index (κ2) is 9.89. The lowest BCUT2D eigenvalue weighted by atomic mass is 9.99. The van der Waals surface area contributed by atoms with Gasteiger partial charge in [-0.05, 0) is 48.5 Å². The van der Waals surface area contributed by atoms with Crippen LogP contribution < -0.4 is 15.4 Å². The van der Waals surface area contributed by atoms with Crippen molar-refractivity contribution in [1.29, 1.82) is 0 Å². The molecule has 30 heavy (non-hydrogen) atoms. The summed E-state index contributed by atoms with van der Waals surface area (Å²) in [6.07, 6.45) is 0. The Labute approximate surface area is 178 Å². The number of carbonyl (C=O) groups excluding carboxylic acids is 2. The summed E-state index contributed by atoms with van der Waals surface area (Å²) in [4.78, 5) is 25.3. The molecule has 3 aromatic carbocycles. The van der Waals surface area contributed by atoms with Gasteiger partial charge >= 0.3 is 0 Å². The summed E-state index contributed by atoms with van der Waals surface area (Å²) in [7, 11) is 1.43. The summed E-state index contributed by atoms with van der Waals surface area (Å²) >= 11 is 6.38. The van der Waals surface area contributed by atoms with Crippen molar-refractivity contribution in [2.24, 2.45) is 0 Å². The Kier molecular flexibility index (Phi) is 7.03. The molecule has 0 saturated heterocycles. The number of halogens is 2. The molecule has 2 N–H and O–H groups in total. The van der Waals surface area contributed by atoms with Crippen LogP contribution in [0.15, 0.2) is 66.7 Å². The van der Waals surface area contributed by atoms with E-state index >= 15 is 0 Å². The van der Waals surface area contributed by atoms with Gasteiger partial charge in [0.15, 0.2) is 5.78 Å². The van der Waals surface area contributed by atoms with Crippen molar-refractivity contribution >= 4 is 34.7 Å². The van der Waals surface area contributed by atoms with Gasteiger partial charge in [-0.3, -0.25) is 9.59 Å². The van der Waals surface area contributed by atoms with E-state index in [0.717, 1.165) is 11.4 Å². The molecule has 1 amide bonds. The molecule has 0 unspecified atom stereocenters. The molecule has 0 saturated carbocycles. The number of methoxy groups -OCH3 is 1. The molecule has 3 aromatic rings. The number of nitrogens with one attached hydrogen (secondary N) is 2. The van der Waals surface area contributed by atoms with Crippen molar-refractivity contribution in [3.8, 4) is 5.75 Å². The van der Waals surface area contributed by atoms with E-state index in [2.05, 4.69) is 10.6 Å². The molecule has 0 spiro atoms. The Balaban J connectivity index is 1.89. The number of anilines is 2. The number of benzene rings is 3. The fourth-order valence-corrected chi connectivity index (χ4v) is 3.17. The maximum atomic E-state index is 13.1. The highest BCUT2D eigenvalue weighted by atomic mass is 35.5. The molecular weight excluding hydrogens is 407 g/mol.